The first-order valence-electron chi connectivity index (χ1n) is 7.49. The molecule has 0 saturated carbocycles. The number of hydrogen-bond donors (Lipinski definition) is 1. The molecule has 0 aliphatic carbocycles. The molecule has 3 aromatic heterocycles. The van der Waals surface area contributed by atoms with E-state index >= 15 is 0 Å². The molecule has 1 N–H and O–H groups in total. The number of pyridine rings is 2. The summed E-state index contributed by atoms with van der Waals surface area (Å²) in [7, 11) is 0. The number of hydrogen-bond acceptors (Lipinski definition) is 4. The van der Waals surface area contributed by atoms with Crippen LogP contribution < -0.4 is 0 Å². The van der Waals surface area contributed by atoms with Crippen molar-refractivity contribution in [1.29, 1.82) is 0 Å². The molecule has 0 radical (unpaired) electrons. The first kappa shape index (κ1) is 15.1. The highest BCUT2D eigenvalue weighted by atomic mass is 16.4. The van der Waals surface area contributed by atoms with Gasteiger partial charge in [-0.05, 0) is 43.5 Å². The third-order valence-electron chi connectivity index (χ3n) is 4.01. The highest BCUT2D eigenvalue weighted by Gasteiger charge is 2.14. The Morgan fingerprint density at radius 2 is 2.13 bits per heavy atom. The molecule has 0 aliphatic heterocycles. The predicted molar refractivity (Wildman–Crippen MR) is 86.3 cm³/mol. The lowest BCUT2D eigenvalue weighted by molar-refractivity contribution is -0.136. The molecule has 0 saturated heterocycles. The van der Waals surface area contributed by atoms with Crippen molar-refractivity contribution in [3.63, 3.8) is 0 Å². The number of carbonyl (C=O) groups is 1. The summed E-state index contributed by atoms with van der Waals surface area (Å²) in [4.78, 5) is 19.8. The summed E-state index contributed by atoms with van der Waals surface area (Å²) in [6.07, 6.45) is 4.15. The molecule has 0 bridgehead atoms. The molecule has 0 spiro atoms. The summed E-state index contributed by atoms with van der Waals surface area (Å²) in [6.45, 7) is 4.48. The molecule has 0 fully saturated rings. The number of carboxylic acid groups (broad SMARTS) is 1. The predicted octanol–water partition coefficient (Wildman–Crippen LogP) is 2.51. The maximum absolute atomic E-state index is 10.8. The SMILES string of the molecule is Cc1nc2c(cnn2Cc2ccccn2)c(C)c1CCC(=O)O. The minimum absolute atomic E-state index is 0.108. The van der Waals surface area contributed by atoms with Gasteiger partial charge in [0, 0.05) is 23.7 Å². The van der Waals surface area contributed by atoms with Gasteiger partial charge >= 0.3 is 5.97 Å². The highest BCUT2D eigenvalue weighted by molar-refractivity contribution is 5.80. The quantitative estimate of drug-likeness (QED) is 0.783. The molecule has 0 aromatic carbocycles. The number of aryl methyl sites for hydroxylation is 2. The minimum Gasteiger partial charge on any atom is -0.481 e. The van der Waals surface area contributed by atoms with Gasteiger partial charge in [-0.25, -0.2) is 9.67 Å². The smallest absolute Gasteiger partial charge is 0.303 e. The van der Waals surface area contributed by atoms with Gasteiger partial charge in [0.25, 0.3) is 0 Å². The monoisotopic (exact) mass is 310 g/mol. The lowest BCUT2D eigenvalue weighted by atomic mass is 10.0. The van der Waals surface area contributed by atoms with Gasteiger partial charge in [0.2, 0.25) is 0 Å². The van der Waals surface area contributed by atoms with Crippen molar-refractivity contribution in [1.82, 2.24) is 19.7 Å². The minimum atomic E-state index is -0.797. The standard InChI is InChI=1S/C17H18N4O2/c1-11-14(6-7-16(22)23)12(2)20-17-15(11)9-19-21(17)10-13-5-3-4-8-18-13/h3-5,8-9H,6-7,10H2,1-2H3,(H,22,23). The average Bonchev–Trinajstić information content (AvgIpc) is 2.91. The van der Waals surface area contributed by atoms with Crippen LogP contribution in [0.1, 0.15) is 28.9 Å². The Kier molecular flexibility index (Phi) is 4.06. The largest absolute Gasteiger partial charge is 0.481 e. The van der Waals surface area contributed by atoms with Crippen molar-refractivity contribution in [3.05, 3.63) is 53.1 Å². The van der Waals surface area contributed by atoms with Crippen LogP contribution in [0.25, 0.3) is 11.0 Å². The van der Waals surface area contributed by atoms with Crippen LogP contribution in [0.5, 0.6) is 0 Å². The maximum atomic E-state index is 10.8. The van der Waals surface area contributed by atoms with E-state index in [4.69, 9.17) is 5.11 Å². The fourth-order valence-corrected chi connectivity index (χ4v) is 2.78. The molecule has 23 heavy (non-hydrogen) atoms. The molecule has 3 rings (SSSR count). The van der Waals surface area contributed by atoms with Crippen molar-refractivity contribution in [2.45, 2.75) is 33.2 Å². The van der Waals surface area contributed by atoms with Crippen LogP contribution in [0, 0.1) is 13.8 Å². The van der Waals surface area contributed by atoms with Crippen molar-refractivity contribution in [3.8, 4) is 0 Å². The van der Waals surface area contributed by atoms with E-state index in [0.717, 1.165) is 33.5 Å². The van der Waals surface area contributed by atoms with Gasteiger partial charge in [-0.1, -0.05) is 6.07 Å². The number of rotatable bonds is 5. The fraction of sp³-hybridized carbons (Fsp3) is 0.294. The number of aliphatic carboxylic acids is 1. The zero-order chi connectivity index (χ0) is 16.4. The van der Waals surface area contributed by atoms with Crippen molar-refractivity contribution < 1.29 is 9.90 Å². The van der Waals surface area contributed by atoms with Crippen LogP contribution in [-0.2, 0) is 17.8 Å². The molecule has 0 atom stereocenters. The Balaban J connectivity index is 1.99. The van der Waals surface area contributed by atoms with Gasteiger partial charge in [0.1, 0.15) is 0 Å². The van der Waals surface area contributed by atoms with Gasteiger partial charge in [0.05, 0.1) is 18.4 Å². The van der Waals surface area contributed by atoms with Crippen LogP contribution in [0.3, 0.4) is 0 Å². The molecular weight excluding hydrogens is 292 g/mol. The topological polar surface area (TPSA) is 80.9 Å². The van der Waals surface area contributed by atoms with Crippen LogP contribution in [0.4, 0.5) is 0 Å². The average molecular weight is 310 g/mol. The molecule has 6 heteroatoms. The Bertz CT molecular complexity index is 856. The zero-order valence-corrected chi connectivity index (χ0v) is 13.2. The van der Waals surface area contributed by atoms with Gasteiger partial charge in [-0.2, -0.15) is 5.10 Å². The van der Waals surface area contributed by atoms with Crippen molar-refractivity contribution >= 4 is 17.0 Å². The molecule has 0 aliphatic rings. The van der Waals surface area contributed by atoms with Crippen LogP contribution in [0.2, 0.25) is 0 Å². The summed E-state index contributed by atoms with van der Waals surface area (Å²) in [6, 6.07) is 5.78. The molecule has 3 aromatic rings. The summed E-state index contributed by atoms with van der Waals surface area (Å²) in [5.41, 5.74) is 4.65. The van der Waals surface area contributed by atoms with Crippen molar-refractivity contribution in [2.75, 3.05) is 0 Å². The van der Waals surface area contributed by atoms with Crippen LogP contribution >= 0.6 is 0 Å². The van der Waals surface area contributed by atoms with Crippen LogP contribution in [-0.4, -0.2) is 30.8 Å². The number of aromatic nitrogens is 4. The second-order valence-corrected chi connectivity index (χ2v) is 5.56. The van der Waals surface area contributed by atoms with E-state index in [1.807, 2.05) is 36.7 Å². The number of carboxylic acids is 1. The van der Waals surface area contributed by atoms with E-state index in [-0.39, 0.29) is 6.42 Å². The van der Waals surface area contributed by atoms with E-state index in [1.54, 1.807) is 12.4 Å². The van der Waals surface area contributed by atoms with E-state index in [9.17, 15) is 4.79 Å². The Morgan fingerprint density at radius 1 is 1.30 bits per heavy atom. The Labute approximate surface area is 133 Å². The highest BCUT2D eigenvalue weighted by Crippen LogP contribution is 2.24. The van der Waals surface area contributed by atoms with Gasteiger partial charge in [0.15, 0.2) is 5.65 Å². The molecule has 6 nitrogen and oxygen atoms in total. The lowest BCUT2D eigenvalue weighted by Crippen LogP contribution is -2.07. The molecule has 118 valence electrons. The van der Waals surface area contributed by atoms with Crippen LogP contribution in [0.15, 0.2) is 30.6 Å². The molecule has 3 heterocycles. The molecular formula is C17H18N4O2. The third kappa shape index (κ3) is 3.06. The first-order valence-corrected chi connectivity index (χ1v) is 7.49. The van der Waals surface area contributed by atoms with E-state index in [1.165, 1.54) is 0 Å². The number of fused-ring (bicyclic) bond motifs is 1. The molecule has 0 amide bonds. The Morgan fingerprint density at radius 3 is 2.83 bits per heavy atom. The molecule has 0 unspecified atom stereocenters. The summed E-state index contributed by atoms with van der Waals surface area (Å²) >= 11 is 0. The summed E-state index contributed by atoms with van der Waals surface area (Å²) in [5.74, 6) is -0.797. The lowest BCUT2D eigenvalue weighted by Gasteiger charge is -2.10. The summed E-state index contributed by atoms with van der Waals surface area (Å²) < 4.78 is 1.83. The zero-order valence-electron chi connectivity index (χ0n) is 13.2. The second-order valence-electron chi connectivity index (χ2n) is 5.56. The fourth-order valence-electron chi connectivity index (χ4n) is 2.78. The van der Waals surface area contributed by atoms with Gasteiger partial charge in [-0.15, -0.1) is 0 Å². The van der Waals surface area contributed by atoms with Gasteiger partial charge in [-0.3, -0.25) is 9.78 Å². The normalized spacial score (nSPS) is 11.0. The number of nitrogens with zero attached hydrogens (tertiary/aromatic N) is 4. The van der Waals surface area contributed by atoms with E-state index in [2.05, 4.69) is 15.1 Å². The van der Waals surface area contributed by atoms with E-state index < -0.39 is 5.97 Å². The van der Waals surface area contributed by atoms with E-state index in [0.29, 0.717) is 13.0 Å². The second kappa shape index (κ2) is 6.16. The third-order valence-corrected chi connectivity index (χ3v) is 4.01. The first-order chi connectivity index (χ1) is 11.1. The maximum Gasteiger partial charge on any atom is 0.303 e. The van der Waals surface area contributed by atoms with Crippen molar-refractivity contribution in [2.24, 2.45) is 0 Å². The Hall–Kier alpha value is -2.76. The summed E-state index contributed by atoms with van der Waals surface area (Å²) in [5, 5.41) is 14.3. The van der Waals surface area contributed by atoms with Gasteiger partial charge < -0.3 is 5.11 Å².